The molecule has 3 nitrogen and oxygen atoms in total. The summed E-state index contributed by atoms with van der Waals surface area (Å²) in [6.07, 6.45) is 1.60. The molecular weight excluding hydrogens is 291 g/mol. The summed E-state index contributed by atoms with van der Waals surface area (Å²) in [4.78, 5) is 4.40. The van der Waals surface area contributed by atoms with Crippen LogP contribution in [0, 0.1) is 0 Å². The Morgan fingerprint density at radius 3 is 2.78 bits per heavy atom. The van der Waals surface area contributed by atoms with Crippen molar-refractivity contribution >= 4 is 34.7 Å². The van der Waals surface area contributed by atoms with Gasteiger partial charge in [0.25, 0.3) is 0 Å². The Hall–Kier alpha value is -1.36. The van der Waals surface area contributed by atoms with Gasteiger partial charge >= 0.3 is 0 Å². The highest BCUT2D eigenvalue weighted by molar-refractivity contribution is 7.09. The maximum atomic E-state index is 6.11. The molecule has 0 saturated carbocycles. The summed E-state index contributed by atoms with van der Waals surface area (Å²) in [5.41, 5.74) is 0.759. The molecule has 0 saturated heterocycles. The lowest BCUT2D eigenvalue weighted by Crippen LogP contribution is -1.82. The maximum Gasteiger partial charge on any atom is 0.179 e. The second kappa shape index (κ2) is 4.72. The average Bonchev–Trinajstić information content (AvgIpc) is 2.99. The predicted molar refractivity (Wildman–Crippen MR) is 73.1 cm³/mol. The Kier molecular flexibility index (Phi) is 3.07. The summed E-state index contributed by atoms with van der Waals surface area (Å²) in [5, 5.41) is 1.84. The lowest BCUT2D eigenvalue weighted by Gasteiger charge is -1.99. The van der Waals surface area contributed by atoms with Crippen LogP contribution in [0.4, 0.5) is 0 Å². The van der Waals surface area contributed by atoms with Crippen molar-refractivity contribution in [2.24, 2.45) is 0 Å². The molecule has 0 aliphatic heterocycles. The fourth-order valence-electron chi connectivity index (χ4n) is 1.50. The molecule has 0 bridgehead atoms. The Morgan fingerprint density at radius 2 is 2.06 bits per heavy atom. The Bertz CT molecular complexity index is 679. The SMILES string of the molecule is Clc1ccc(-c2nsc(-c3ccco3)n2)c(Cl)c1. The van der Waals surface area contributed by atoms with Crippen LogP contribution in [0.5, 0.6) is 0 Å². The molecule has 0 spiro atoms. The van der Waals surface area contributed by atoms with Crippen molar-refractivity contribution in [2.45, 2.75) is 0 Å². The lowest BCUT2D eigenvalue weighted by atomic mass is 10.2. The minimum atomic E-state index is 0.534. The highest BCUT2D eigenvalue weighted by Crippen LogP contribution is 2.31. The second-order valence-electron chi connectivity index (χ2n) is 3.52. The third-order valence-electron chi connectivity index (χ3n) is 2.33. The lowest BCUT2D eigenvalue weighted by molar-refractivity contribution is 0.582. The van der Waals surface area contributed by atoms with Gasteiger partial charge in [0.05, 0.1) is 11.3 Å². The summed E-state index contributed by atoms with van der Waals surface area (Å²) in [6, 6.07) is 8.89. The number of halogens is 2. The van der Waals surface area contributed by atoms with E-state index in [0.717, 1.165) is 10.6 Å². The van der Waals surface area contributed by atoms with E-state index in [4.69, 9.17) is 27.6 Å². The minimum absolute atomic E-state index is 0.534. The zero-order valence-electron chi connectivity index (χ0n) is 8.93. The van der Waals surface area contributed by atoms with Gasteiger partial charge in [-0.1, -0.05) is 23.2 Å². The van der Waals surface area contributed by atoms with Crippen LogP contribution in [-0.2, 0) is 0 Å². The monoisotopic (exact) mass is 296 g/mol. The van der Waals surface area contributed by atoms with Crippen molar-refractivity contribution in [1.29, 1.82) is 0 Å². The summed E-state index contributed by atoms with van der Waals surface area (Å²) in [7, 11) is 0. The first-order valence-electron chi connectivity index (χ1n) is 5.07. The highest BCUT2D eigenvalue weighted by Gasteiger charge is 2.12. The molecule has 6 heteroatoms. The van der Waals surface area contributed by atoms with E-state index < -0.39 is 0 Å². The van der Waals surface area contributed by atoms with Crippen molar-refractivity contribution < 1.29 is 4.42 Å². The van der Waals surface area contributed by atoms with Crippen molar-refractivity contribution in [1.82, 2.24) is 9.36 Å². The van der Waals surface area contributed by atoms with Crippen LogP contribution in [0.3, 0.4) is 0 Å². The molecule has 0 fully saturated rings. The normalized spacial score (nSPS) is 10.8. The molecule has 0 aliphatic carbocycles. The van der Waals surface area contributed by atoms with Crippen LogP contribution in [-0.4, -0.2) is 9.36 Å². The van der Waals surface area contributed by atoms with Crippen molar-refractivity contribution in [3.63, 3.8) is 0 Å². The predicted octanol–water partition coefficient (Wildman–Crippen LogP) is 4.77. The molecular formula is C12H6Cl2N2OS. The molecule has 3 rings (SSSR count). The first-order chi connectivity index (χ1) is 8.74. The topological polar surface area (TPSA) is 38.9 Å². The van der Waals surface area contributed by atoms with Gasteiger partial charge in [0.1, 0.15) is 0 Å². The minimum Gasteiger partial charge on any atom is -0.462 e. The average molecular weight is 297 g/mol. The zero-order chi connectivity index (χ0) is 12.5. The number of rotatable bonds is 2. The van der Waals surface area contributed by atoms with Crippen LogP contribution >= 0.6 is 34.7 Å². The molecule has 0 radical (unpaired) electrons. The van der Waals surface area contributed by atoms with E-state index in [0.29, 0.717) is 21.6 Å². The van der Waals surface area contributed by atoms with Gasteiger partial charge in [0.2, 0.25) is 0 Å². The Morgan fingerprint density at radius 1 is 1.17 bits per heavy atom. The molecule has 0 atom stereocenters. The summed E-state index contributed by atoms with van der Waals surface area (Å²) >= 11 is 13.2. The Labute approximate surface area is 117 Å². The van der Waals surface area contributed by atoms with E-state index in [1.807, 2.05) is 12.1 Å². The molecule has 0 unspecified atom stereocenters. The molecule has 18 heavy (non-hydrogen) atoms. The van der Waals surface area contributed by atoms with E-state index in [1.54, 1.807) is 24.5 Å². The summed E-state index contributed by atoms with van der Waals surface area (Å²) in [5.74, 6) is 1.27. The van der Waals surface area contributed by atoms with Crippen LogP contribution in [0.25, 0.3) is 22.2 Å². The van der Waals surface area contributed by atoms with Crippen LogP contribution in [0.1, 0.15) is 0 Å². The number of furan rings is 1. The first kappa shape index (κ1) is 11.7. The zero-order valence-corrected chi connectivity index (χ0v) is 11.3. The van der Waals surface area contributed by atoms with Crippen molar-refractivity contribution in [3.05, 3.63) is 46.6 Å². The molecule has 90 valence electrons. The summed E-state index contributed by atoms with van der Waals surface area (Å²) in [6.45, 7) is 0. The van der Waals surface area contributed by atoms with Gasteiger partial charge in [0.15, 0.2) is 16.6 Å². The fraction of sp³-hybridized carbons (Fsp3) is 0. The molecule has 2 aromatic heterocycles. The van der Waals surface area contributed by atoms with E-state index in [9.17, 15) is 0 Å². The smallest absolute Gasteiger partial charge is 0.179 e. The van der Waals surface area contributed by atoms with Crippen molar-refractivity contribution in [3.8, 4) is 22.2 Å². The number of aromatic nitrogens is 2. The van der Waals surface area contributed by atoms with E-state index in [2.05, 4.69) is 9.36 Å². The van der Waals surface area contributed by atoms with E-state index in [-0.39, 0.29) is 0 Å². The number of hydrogen-bond donors (Lipinski definition) is 0. The molecule has 0 aliphatic rings. The third kappa shape index (κ3) is 2.14. The van der Waals surface area contributed by atoms with Crippen LogP contribution < -0.4 is 0 Å². The molecule has 0 N–H and O–H groups in total. The van der Waals surface area contributed by atoms with E-state index >= 15 is 0 Å². The summed E-state index contributed by atoms with van der Waals surface area (Å²) < 4.78 is 9.55. The van der Waals surface area contributed by atoms with Gasteiger partial charge in [-0.15, -0.1) is 0 Å². The third-order valence-corrected chi connectivity index (χ3v) is 3.61. The number of benzene rings is 1. The van der Waals surface area contributed by atoms with Gasteiger partial charge in [-0.3, -0.25) is 0 Å². The number of nitrogens with zero attached hydrogens (tertiary/aromatic N) is 2. The largest absolute Gasteiger partial charge is 0.462 e. The first-order valence-corrected chi connectivity index (χ1v) is 6.60. The van der Waals surface area contributed by atoms with Crippen molar-refractivity contribution in [2.75, 3.05) is 0 Å². The maximum absolute atomic E-state index is 6.11. The van der Waals surface area contributed by atoms with Gasteiger partial charge in [0, 0.05) is 10.6 Å². The van der Waals surface area contributed by atoms with Gasteiger partial charge in [-0.25, -0.2) is 4.98 Å². The Balaban J connectivity index is 2.03. The molecule has 2 heterocycles. The van der Waals surface area contributed by atoms with Gasteiger partial charge in [-0.05, 0) is 41.9 Å². The van der Waals surface area contributed by atoms with Gasteiger partial charge < -0.3 is 4.42 Å². The van der Waals surface area contributed by atoms with Crippen LogP contribution in [0.2, 0.25) is 10.0 Å². The second-order valence-corrected chi connectivity index (χ2v) is 5.12. The molecule has 3 aromatic rings. The number of hydrogen-bond acceptors (Lipinski definition) is 4. The molecule has 0 amide bonds. The fourth-order valence-corrected chi connectivity index (χ4v) is 2.64. The molecule has 1 aromatic carbocycles. The van der Waals surface area contributed by atoms with Crippen LogP contribution in [0.15, 0.2) is 41.0 Å². The highest BCUT2D eigenvalue weighted by atomic mass is 35.5. The van der Waals surface area contributed by atoms with Gasteiger partial charge in [-0.2, -0.15) is 4.37 Å². The quantitative estimate of drug-likeness (QED) is 0.683. The van der Waals surface area contributed by atoms with E-state index in [1.165, 1.54) is 11.5 Å². The standard InChI is InChI=1S/C12H6Cl2N2OS/c13-7-3-4-8(9(14)6-7)11-15-12(18-16-11)10-2-1-5-17-10/h1-6H.